The Morgan fingerprint density at radius 3 is 2.64 bits per heavy atom. The lowest BCUT2D eigenvalue weighted by molar-refractivity contribution is -0.126. The highest BCUT2D eigenvalue weighted by Crippen LogP contribution is 2.19. The number of carbonyl (C=O) groups is 1. The molecule has 9 nitrogen and oxygen atoms in total. The minimum atomic E-state index is -1.06. The Balaban J connectivity index is 0.00000385. The maximum absolute atomic E-state index is 12.6. The van der Waals surface area contributed by atoms with Crippen molar-refractivity contribution < 1.29 is 19.4 Å². The van der Waals surface area contributed by atoms with Crippen molar-refractivity contribution in [1.82, 2.24) is 19.9 Å². The van der Waals surface area contributed by atoms with Gasteiger partial charge in [0.25, 0.3) is 0 Å². The summed E-state index contributed by atoms with van der Waals surface area (Å²) in [5.41, 5.74) is 6.58. The van der Waals surface area contributed by atoms with Gasteiger partial charge in [0.1, 0.15) is 11.8 Å². The number of amides is 1. The number of pyridine rings is 1. The van der Waals surface area contributed by atoms with Crippen LogP contribution in [0, 0.1) is 0 Å². The molecule has 9 heteroatoms. The fourth-order valence-corrected chi connectivity index (χ4v) is 3.01. The first-order valence-electron chi connectivity index (χ1n) is 10.7. The Bertz CT molecular complexity index is 1000. The van der Waals surface area contributed by atoms with Crippen LogP contribution in [-0.4, -0.2) is 51.0 Å². The molecular weight excluding hydrogens is 422 g/mol. The summed E-state index contributed by atoms with van der Waals surface area (Å²) in [7, 11) is 0. The first kappa shape index (κ1) is 26.2. The van der Waals surface area contributed by atoms with Crippen LogP contribution in [0.5, 0.6) is 5.75 Å². The highest BCUT2D eigenvalue weighted by molar-refractivity contribution is 5.85. The van der Waals surface area contributed by atoms with Crippen LogP contribution in [0.1, 0.15) is 51.5 Å². The summed E-state index contributed by atoms with van der Waals surface area (Å²) in [6, 6.07) is 12.8. The summed E-state index contributed by atoms with van der Waals surface area (Å²) in [6.45, 7) is 4.51. The number of aromatic nitrogens is 3. The molecule has 0 bridgehead atoms. The van der Waals surface area contributed by atoms with Gasteiger partial charge in [-0.05, 0) is 44.4 Å². The van der Waals surface area contributed by atoms with E-state index in [4.69, 9.17) is 20.3 Å². The third kappa shape index (κ3) is 7.52. The third-order valence-electron chi connectivity index (χ3n) is 4.82. The summed E-state index contributed by atoms with van der Waals surface area (Å²) < 4.78 is 13.4. The van der Waals surface area contributed by atoms with Gasteiger partial charge in [0.05, 0.1) is 31.6 Å². The average molecular weight is 458 g/mol. The lowest BCUT2D eigenvalue weighted by atomic mass is 10.1. The molecule has 3 aromatic rings. The van der Waals surface area contributed by atoms with Crippen molar-refractivity contribution in [3.05, 3.63) is 60.0 Å². The van der Waals surface area contributed by atoms with Crippen molar-refractivity contribution in [2.75, 3.05) is 19.8 Å². The molecule has 1 atom stereocenters. The van der Waals surface area contributed by atoms with Crippen LogP contribution in [-0.2, 0) is 16.1 Å². The average Bonchev–Trinajstić information content (AvgIpc) is 3.19. The highest BCUT2D eigenvalue weighted by Gasteiger charge is 2.28. The van der Waals surface area contributed by atoms with E-state index in [0.717, 1.165) is 12.0 Å². The summed E-state index contributed by atoms with van der Waals surface area (Å²) in [4.78, 5) is 12.6. The van der Waals surface area contributed by atoms with Crippen molar-refractivity contribution in [1.29, 1.82) is 0 Å². The second kappa shape index (κ2) is 12.3. The molecule has 0 saturated carbocycles. The zero-order valence-corrected chi connectivity index (χ0v) is 18.5. The quantitative estimate of drug-likeness (QED) is 0.357. The monoisotopic (exact) mass is 457 g/mol. The first-order chi connectivity index (χ1) is 15.4. The fourth-order valence-electron chi connectivity index (χ4n) is 3.01. The molecule has 0 fully saturated rings. The van der Waals surface area contributed by atoms with Crippen LogP contribution in [0.25, 0.3) is 5.65 Å². The molecule has 2 heterocycles. The molecule has 0 unspecified atom stereocenters. The van der Waals surface area contributed by atoms with E-state index in [9.17, 15) is 4.79 Å². The summed E-state index contributed by atoms with van der Waals surface area (Å²) in [5.74, 6) is 0.844. The van der Waals surface area contributed by atoms with E-state index in [1.807, 2.05) is 36.4 Å². The predicted octanol–water partition coefficient (Wildman–Crippen LogP) is 2.63. The van der Waals surface area contributed by atoms with Gasteiger partial charge in [-0.15, -0.1) is 10.2 Å². The molecular formula is C24H35N5O4. The summed E-state index contributed by atoms with van der Waals surface area (Å²) >= 11 is 0. The Morgan fingerprint density at radius 1 is 1.18 bits per heavy atom. The standard InChI is InChI=1S/C23H31N5O4.CH4/c1-23(2,24)22(30)25-19(16-31-15-17-8-4-3-5-9-17)21-27-26-20-11-10-18(14-28(20)21)32-13-7-6-12-29;/h3-5,8-11,14,19,29H,6-7,12-13,15-16,24H2,1-2H3,(H,25,30);1H4/t19-;/m1./s1. The maximum atomic E-state index is 12.6. The number of rotatable bonds is 12. The number of nitrogens with zero attached hydrogens (tertiary/aromatic N) is 3. The molecule has 0 aliphatic rings. The van der Waals surface area contributed by atoms with Crippen molar-refractivity contribution in [3.63, 3.8) is 0 Å². The van der Waals surface area contributed by atoms with Crippen LogP contribution in [0.15, 0.2) is 48.7 Å². The van der Waals surface area contributed by atoms with E-state index in [1.54, 1.807) is 30.5 Å². The van der Waals surface area contributed by atoms with E-state index < -0.39 is 11.6 Å². The van der Waals surface area contributed by atoms with Crippen LogP contribution in [0.3, 0.4) is 0 Å². The predicted molar refractivity (Wildman–Crippen MR) is 127 cm³/mol. The molecule has 180 valence electrons. The van der Waals surface area contributed by atoms with Crippen LogP contribution in [0.2, 0.25) is 0 Å². The number of ether oxygens (including phenoxy) is 2. The minimum absolute atomic E-state index is 0. The van der Waals surface area contributed by atoms with Gasteiger partial charge in [0, 0.05) is 6.61 Å². The van der Waals surface area contributed by atoms with Crippen LogP contribution in [0.4, 0.5) is 0 Å². The second-order valence-corrected chi connectivity index (χ2v) is 8.18. The van der Waals surface area contributed by atoms with Gasteiger partial charge in [-0.25, -0.2) is 0 Å². The van der Waals surface area contributed by atoms with E-state index in [2.05, 4.69) is 15.5 Å². The van der Waals surface area contributed by atoms with Gasteiger partial charge in [-0.2, -0.15) is 0 Å². The summed E-state index contributed by atoms with van der Waals surface area (Å²) in [5, 5.41) is 20.4. The van der Waals surface area contributed by atoms with Gasteiger partial charge in [0.15, 0.2) is 11.5 Å². The third-order valence-corrected chi connectivity index (χ3v) is 4.82. The molecule has 4 N–H and O–H groups in total. The Morgan fingerprint density at radius 2 is 1.94 bits per heavy atom. The van der Waals surface area contributed by atoms with Gasteiger partial charge >= 0.3 is 0 Å². The Hall–Kier alpha value is -3.01. The fraction of sp³-hybridized carbons (Fsp3) is 0.458. The number of benzene rings is 1. The molecule has 2 aromatic heterocycles. The van der Waals surface area contributed by atoms with Crippen molar-refractivity contribution >= 4 is 11.6 Å². The van der Waals surface area contributed by atoms with Crippen LogP contribution < -0.4 is 15.8 Å². The molecule has 0 radical (unpaired) electrons. The Kier molecular flexibility index (Phi) is 9.77. The number of unbranched alkanes of at least 4 members (excludes halogenated alkanes) is 1. The zero-order valence-electron chi connectivity index (χ0n) is 18.5. The van der Waals surface area contributed by atoms with E-state index in [-0.39, 0.29) is 26.5 Å². The number of fused-ring (bicyclic) bond motifs is 1. The molecule has 0 aliphatic heterocycles. The minimum Gasteiger partial charge on any atom is -0.492 e. The number of aliphatic hydroxyl groups excluding tert-OH is 1. The smallest absolute Gasteiger partial charge is 0.240 e. The molecule has 1 aromatic carbocycles. The molecule has 1 amide bonds. The topological polar surface area (TPSA) is 124 Å². The van der Waals surface area contributed by atoms with E-state index in [0.29, 0.717) is 36.9 Å². The van der Waals surface area contributed by atoms with Gasteiger partial charge in [0.2, 0.25) is 5.91 Å². The first-order valence-corrected chi connectivity index (χ1v) is 10.7. The normalized spacial score (nSPS) is 12.2. The number of nitrogens with two attached hydrogens (primary N) is 1. The highest BCUT2D eigenvalue weighted by atomic mass is 16.5. The van der Waals surface area contributed by atoms with E-state index >= 15 is 0 Å². The number of hydrogen-bond donors (Lipinski definition) is 3. The maximum Gasteiger partial charge on any atom is 0.240 e. The van der Waals surface area contributed by atoms with Gasteiger partial charge < -0.3 is 25.6 Å². The molecule has 0 aliphatic carbocycles. The SMILES string of the molecule is C.CC(C)(N)C(=O)N[C@H](COCc1ccccc1)c1nnc2ccc(OCCCCO)cn12. The van der Waals surface area contributed by atoms with Crippen molar-refractivity contribution in [3.8, 4) is 5.75 Å². The lowest BCUT2D eigenvalue weighted by Crippen LogP contribution is -2.50. The van der Waals surface area contributed by atoms with Gasteiger partial charge in [-0.1, -0.05) is 37.8 Å². The van der Waals surface area contributed by atoms with E-state index in [1.165, 1.54) is 0 Å². The molecule has 33 heavy (non-hydrogen) atoms. The lowest BCUT2D eigenvalue weighted by Gasteiger charge is -2.23. The largest absolute Gasteiger partial charge is 0.492 e. The number of carbonyl (C=O) groups excluding carboxylic acids is 1. The van der Waals surface area contributed by atoms with Crippen molar-refractivity contribution in [2.45, 2.75) is 52.3 Å². The second-order valence-electron chi connectivity index (χ2n) is 8.18. The number of aliphatic hydroxyl groups is 1. The number of nitrogens with one attached hydrogen (secondary N) is 1. The van der Waals surface area contributed by atoms with Crippen molar-refractivity contribution in [2.24, 2.45) is 5.73 Å². The van der Waals surface area contributed by atoms with Gasteiger partial charge in [-0.3, -0.25) is 9.20 Å². The molecule has 0 spiro atoms. The summed E-state index contributed by atoms with van der Waals surface area (Å²) in [6.07, 6.45) is 3.22. The molecule has 3 rings (SSSR count). The Labute approximate surface area is 194 Å². The molecule has 0 saturated heterocycles. The number of hydrogen-bond acceptors (Lipinski definition) is 7. The zero-order chi connectivity index (χ0) is 23.0. The van der Waals surface area contributed by atoms with Crippen LogP contribution >= 0.6 is 0 Å².